The topological polar surface area (TPSA) is 92.9 Å². The minimum absolute atomic E-state index is 0.0638. The zero-order valence-electron chi connectivity index (χ0n) is 7.52. The van der Waals surface area contributed by atoms with Gasteiger partial charge in [0.1, 0.15) is 17.5 Å². The number of halogens is 3. The van der Waals surface area contributed by atoms with Crippen LogP contribution in [0.25, 0.3) is 5.78 Å². The van der Waals surface area contributed by atoms with Crippen molar-refractivity contribution in [2.75, 3.05) is 5.73 Å². The van der Waals surface area contributed by atoms with Crippen LogP contribution >= 0.6 is 0 Å². The van der Waals surface area contributed by atoms with Crippen LogP contribution in [-0.2, 0) is 6.18 Å². The number of anilines is 1. The second-order valence-electron chi connectivity index (χ2n) is 2.81. The number of hydrogen-bond donors (Lipinski definition) is 1. The minimum atomic E-state index is -4.67. The van der Waals surface area contributed by atoms with E-state index in [9.17, 15) is 13.2 Å². The third kappa shape index (κ3) is 1.40. The van der Waals surface area contributed by atoms with Crippen molar-refractivity contribution in [1.82, 2.24) is 19.6 Å². The van der Waals surface area contributed by atoms with Gasteiger partial charge in [0.2, 0.25) is 0 Å². The number of rotatable bonds is 0. The van der Waals surface area contributed by atoms with Crippen molar-refractivity contribution >= 4 is 11.6 Å². The van der Waals surface area contributed by atoms with Gasteiger partial charge in [-0.05, 0) is 0 Å². The summed E-state index contributed by atoms with van der Waals surface area (Å²) in [4.78, 5) is 6.68. The molecule has 0 aliphatic heterocycles. The largest absolute Gasteiger partial charge is 0.453 e. The van der Waals surface area contributed by atoms with E-state index in [0.717, 1.165) is 6.20 Å². The molecule has 82 valence electrons. The van der Waals surface area contributed by atoms with Gasteiger partial charge in [-0.1, -0.05) is 0 Å². The molecule has 0 saturated heterocycles. The van der Waals surface area contributed by atoms with Gasteiger partial charge in [0, 0.05) is 0 Å². The number of nitrogens with two attached hydrogens (primary N) is 1. The first-order valence-electron chi connectivity index (χ1n) is 3.92. The average molecular weight is 228 g/mol. The molecule has 0 aromatic carbocycles. The summed E-state index contributed by atoms with van der Waals surface area (Å²) in [5.74, 6) is -1.87. The third-order valence-electron chi connectivity index (χ3n) is 1.78. The molecular formula is C7H3F3N6. The highest BCUT2D eigenvalue weighted by Gasteiger charge is 2.36. The zero-order valence-corrected chi connectivity index (χ0v) is 7.52. The average Bonchev–Trinajstić information content (AvgIpc) is 2.62. The Morgan fingerprint density at radius 3 is 2.69 bits per heavy atom. The molecule has 9 heteroatoms. The summed E-state index contributed by atoms with van der Waals surface area (Å²) >= 11 is 0. The maximum Gasteiger partial charge on any atom is 0.453 e. The van der Waals surface area contributed by atoms with E-state index < -0.39 is 12.0 Å². The van der Waals surface area contributed by atoms with Gasteiger partial charge >= 0.3 is 6.18 Å². The first-order valence-corrected chi connectivity index (χ1v) is 3.92. The molecule has 0 bridgehead atoms. The normalized spacial score (nSPS) is 11.6. The number of nitriles is 1. The molecule has 0 aliphatic rings. The quantitative estimate of drug-likeness (QED) is 0.712. The van der Waals surface area contributed by atoms with Crippen molar-refractivity contribution in [3.8, 4) is 6.07 Å². The van der Waals surface area contributed by atoms with E-state index in [1.807, 2.05) is 0 Å². The van der Waals surface area contributed by atoms with E-state index in [-0.39, 0.29) is 17.2 Å². The summed E-state index contributed by atoms with van der Waals surface area (Å²) in [5.41, 5.74) is 5.35. The van der Waals surface area contributed by atoms with Gasteiger partial charge in [-0.2, -0.15) is 27.9 Å². The third-order valence-corrected chi connectivity index (χ3v) is 1.78. The Balaban J connectivity index is 2.73. The number of aromatic nitrogens is 4. The number of fused-ring (bicyclic) bond motifs is 1. The minimum Gasteiger partial charge on any atom is -0.382 e. The van der Waals surface area contributed by atoms with E-state index >= 15 is 0 Å². The Morgan fingerprint density at radius 1 is 1.44 bits per heavy atom. The van der Waals surface area contributed by atoms with Gasteiger partial charge in [-0.25, -0.2) is 4.98 Å². The van der Waals surface area contributed by atoms with E-state index in [4.69, 9.17) is 11.0 Å². The van der Waals surface area contributed by atoms with Crippen LogP contribution in [0.5, 0.6) is 0 Å². The molecule has 0 fully saturated rings. The molecule has 6 nitrogen and oxygen atoms in total. The van der Waals surface area contributed by atoms with E-state index in [0.29, 0.717) is 4.52 Å². The lowest BCUT2D eigenvalue weighted by Gasteiger charge is -1.98. The van der Waals surface area contributed by atoms with Gasteiger partial charge < -0.3 is 5.73 Å². The SMILES string of the molecule is N#Cc1cnc2nc(C(F)(F)F)nn2c1N. The summed E-state index contributed by atoms with van der Waals surface area (Å²) in [6, 6.07) is 1.68. The van der Waals surface area contributed by atoms with Crippen molar-refractivity contribution in [2.24, 2.45) is 0 Å². The molecule has 0 atom stereocenters. The predicted molar refractivity (Wildman–Crippen MR) is 44.9 cm³/mol. The number of alkyl halides is 3. The zero-order chi connectivity index (χ0) is 11.9. The summed E-state index contributed by atoms with van der Waals surface area (Å²) in [5, 5.41) is 11.7. The lowest BCUT2D eigenvalue weighted by atomic mass is 10.3. The van der Waals surface area contributed by atoms with Crippen LogP contribution in [0.3, 0.4) is 0 Å². The maximum atomic E-state index is 12.3. The van der Waals surface area contributed by atoms with Gasteiger partial charge in [0.25, 0.3) is 11.6 Å². The number of nitrogen functional groups attached to an aromatic ring is 1. The lowest BCUT2D eigenvalue weighted by Crippen LogP contribution is -2.08. The Labute approximate surface area is 86.1 Å². The second-order valence-corrected chi connectivity index (χ2v) is 2.81. The molecule has 16 heavy (non-hydrogen) atoms. The monoisotopic (exact) mass is 228 g/mol. The second kappa shape index (κ2) is 3.06. The number of hydrogen-bond acceptors (Lipinski definition) is 5. The molecular weight excluding hydrogens is 225 g/mol. The van der Waals surface area contributed by atoms with Crippen molar-refractivity contribution in [2.45, 2.75) is 6.18 Å². The molecule has 2 N–H and O–H groups in total. The van der Waals surface area contributed by atoms with Gasteiger partial charge in [-0.3, -0.25) is 0 Å². The standard InChI is InChI=1S/C7H3F3N6/c8-7(9,10)5-14-6-13-2-3(1-11)4(12)16(6)15-5/h2H,12H2. The summed E-state index contributed by atoms with van der Waals surface area (Å²) in [7, 11) is 0. The van der Waals surface area contributed by atoms with Crippen LogP contribution in [0.2, 0.25) is 0 Å². The summed E-state index contributed by atoms with van der Waals surface area (Å²) in [6.07, 6.45) is -3.63. The first-order chi connectivity index (χ1) is 7.43. The molecule has 0 saturated carbocycles. The molecule has 0 radical (unpaired) electrons. The van der Waals surface area contributed by atoms with Gasteiger partial charge in [0.15, 0.2) is 0 Å². The Kier molecular flexibility index (Phi) is 1.94. The molecule has 2 heterocycles. The highest BCUT2D eigenvalue weighted by Crippen LogP contribution is 2.26. The van der Waals surface area contributed by atoms with Crippen molar-refractivity contribution in [1.29, 1.82) is 5.26 Å². The number of nitrogens with zero attached hydrogens (tertiary/aromatic N) is 5. The van der Waals surface area contributed by atoms with Gasteiger partial charge in [-0.15, -0.1) is 5.10 Å². The Hall–Kier alpha value is -2.37. The Bertz CT molecular complexity index is 592. The van der Waals surface area contributed by atoms with Crippen molar-refractivity contribution in [3.05, 3.63) is 17.6 Å². The molecule has 2 aromatic rings. The lowest BCUT2D eigenvalue weighted by molar-refractivity contribution is -0.144. The molecule has 0 aliphatic carbocycles. The maximum absolute atomic E-state index is 12.3. The predicted octanol–water partition coefficient (Wildman–Crippen LogP) is 0.597. The van der Waals surface area contributed by atoms with E-state index in [2.05, 4.69) is 15.1 Å². The fourth-order valence-corrected chi connectivity index (χ4v) is 1.06. The highest BCUT2D eigenvalue weighted by atomic mass is 19.4. The molecule has 2 aromatic heterocycles. The highest BCUT2D eigenvalue weighted by molar-refractivity contribution is 5.51. The molecule has 0 amide bonds. The van der Waals surface area contributed by atoms with E-state index in [1.54, 1.807) is 6.07 Å². The first kappa shape index (κ1) is 10.2. The summed E-state index contributed by atoms with van der Waals surface area (Å²) < 4.78 is 37.5. The van der Waals surface area contributed by atoms with Crippen molar-refractivity contribution in [3.63, 3.8) is 0 Å². The van der Waals surface area contributed by atoms with Crippen LogP contribution in [0, 0.1) is 11.3 Å². The fraction of sp³-hybridized carbons (Fsp3) is 0.143. The molecule has 2 rings (SSSR count). The fourth-order valence-electron chi connectivity index (χ4n) is 1.06. The Morgan fingerprint density at radius 2 is 2.12 bits per heavy atom. The summed E-state index contributed by atoms with van der Waals surface area (Å²) in [6.45, 7) is 0. The van der Waals surface area contributed by atoms with Crippen LogP contribution < -0.4 is 5.73 Å². The van der Waals surface area contributed by atoms with Crippen LogP contribution in [0.15, 0.2) is 6.20 Å². The van der Waals surface area contributed by atoms with E-state index in [1.165, 1.54) is 0 Å². The van der Waals surface area contributed by atoms with Crippen molar-refractivity contribution < 1.29 is 13.2 Å². The van der Waals surface area contributed by atoms with Crippen LogP contribution in [-0.4, -0.2) is 19.6 Å². The van der Waals surface area contributed by atoms with Gasteiger partial charge in [0.05, 0.1) is 6.20 Å². The molecule has 0 unspecified atom stereocenters. The van der Waals surface area contributed by atoms with Crippen LogP contribution in [0.1, 0.15) is 11.4 Å². The smallest absolute Gasteiger partial charge is 0.382 e. The molecule has 0 spiro atoms. The van der Waals surface area contributed by atoms with Crippen LogP contribution in [0.4, 0.5) is 19.0 Å².